The van der Waals surface area contributed by atoms with Gasteiger partial charge in [-0.15, -0.1) is 0 Å². The Morgan fingerprint density at radius 2 is 2.09 bits per heavy atom. The van der Waals surface area contributed by atoms with E-state index in [4.69, 9.17) is 16.3 Å². The first-order valence-electron chi connectivity index (χ1n) is 7.28. The summed E-state index contributed by atoms with van der Waals surface area (Å²) in [7, 11) is 0. The van der Waals surface area contributed by atoms with Crippen molar-refractivity contribution in [2.75, 3.05) is 13.2 Å². The van der Waals surface area contributed by atoms with Gasteiger partial charge in [-0.25, -0.2) is 4.79 Å². The highest BCUT2D eigenvalue weighted by Crippen LogP contribution is 2.20. The number of ether oxygens (including phenoxy) is 1. The highest BCUT2D eigenvalue weighted by atomic mass is 35.5. The SMILES string of the molecule is CC(CC(=O)NC1(C(=O)O)CCOC1)Cc1ccc(Cl)cc1. The minimum absolute atomic E-state index is 0.0274. The zero-order valence-corrected chi connectivity index (χ0v) is 13.2. The molecular weight excluding hydrogens is 306 g/mol. The summed E-state index contributed by atoms with van der Waals surface area (Å²) in [5.74, 6) is -1.19. The van der Waals surface area contributed by atoms with Gasteiger partial charge in [0.1, 0.15) is 0 Å². The van der Waals surface area contributed by atoms with Crippen LogP contribution in [0.2, 0.25) is 5.02 Å². The fourth-order valence-corrected chi connectivity index (χ4v) is 2.74. The Balaban J connectivity index is 1.88. The van der Waals surface area contributed by atoms with Crippen molar-refractivity contribution < 1.29 is 19.4 Å². The van der Waals surface area contributed by atoms with Gasteiger partial charge in [0.2, 0.25) is 5.91 Å². The minimum atomic E-state index is -1.27. The van der Waals surface area contributed by atoms with Crippen LogP contribution in [0.5, 0.6) is 0 Å². The first-order chi connectivity index (χ1) is 10.4. The monoisotopic (exact) mass is 325 g/mol. The molecule has 1 aliphatic heterocycles. The van der Waals surface area contributed by atoms with E-state index in [2.05, 4.69) is 5.32 Å². The molecular formula is C16H20ClNO4. The first kappa shape index (κ1) is 16.8. The average molecular weight is 326 g/mol. The van der Waals surface area contributed by atoms with E-state index in [1.165, 1.54) is 0 Å². The summed E-state index contributed by atoms with van der Waals surface area (Å²) in [4.78, 5) is 23.5. The highest BCUT2D eigenvalue weighted by molar-refractivity contribution is 6.30. The Hall–Kier alpha value is -1.59. The molecule has 6 heteroatoms. The molecule has 1 saturated heterocycles. The van der Waals surface area contributed by atoms with Crippen molar-refractivity contribution in [1.29, 1.82) is 0 Å². The van der Waals surface area contributed by atoms with E-state index in [0.29, 0.717) is 18.1 Å². The Kier molecular flexibility index (Phi) is 5.42. The normalized spacial score (nSPS) is 22.3. The average Bonchev–Trinajstić information content (AvgIpc) is 2.91. The molecule has 1 aliphatic rings. The summed E-state index contributed by atoms with van der Waals surface area (Å²) in [5, 5.41) is 12.6. The van der Waals surface area contributed by atoms with Crippen LogP contribution in [-0.2, 0) is 20.7 Å². The van der Waals surface area contributed by atoms with Gasteiger partial charge in [0.25, 0.3) is 0 Å². The predicted molar refractivity (Wildman–Crippen MR) is 82.9 cm³/mol. The molecule has 1 aromatic carbocycles. The van der Waals surface area contributed by atoms with Crippen molar-refractivity contribution in [2.45, 2.75) is 31.7 Å². The molecule has 1 heterocycles. The maximum Gasteiger partial charge on any atom is 0.331 e. The van der Waals surface area contributed by atoms with Gasteiger partial charge in [-0.2, -0.15) is 0 Å². The van der Waals surface area contributed by atoms with Crippen molar-refractivity contribution in [2.24, 2.45) is 5.92 Å². The molecule has 22 heavy (non-hydrogen) atoms. The van der Waals surface area contributed by atoms with E-state index >= 15 is 0 Å². The van der Waals surface area contributed by atoms with E-state index in [0.717, 1.165) is 12.0 Å². The van der Waals surface area contributed by atoms with Crippen molar-refractivity contribution in [3.05, 3.63) is 34.9 Å². The topological polar surface area (TPSA) is 75.6 Å². The molecule has 2 atom stereocenters. The van der Waals surface area contributed by atoms with Gasteiger partial charge in [0, 0.05) is 24.5 Å². The number of carbonyl (C=O) groups excluding carboxylic acids is 1. The van der Waals surface area contributed by atoms with Crippen LogP contribution in [0.25, 0.3) is 0 Å². The zero-order chi connectivity index (χ0) is 16.2. The molecule has 120 valence electrons. The molecule has 2 unspecified atom stereocenters. The van der Waals surface area contributed by atoms with Gasteiger partial charge >= 0.3 is 5.97 Å². The Morgan fingerprint density at radius 3 is 2.64 bits per heavy atom. The van der Waals surface area contributed by atoms with Gasteiger partial charge in [-0.3, -0.25) is 4.79 Å². The summed E-state index contributed by atoms with van der Waals surface area (Å²) >= 11 is 5.84. The lowest BCUT2D eigenvalue weighted by molar-refractivity contribution is -0.147. The highest BCUT2D eigenvalue weighted by Gasteiger charge is 2.43. The molecule has 0 spiro atoms. The van der Waals surface area contributed by atoms with Crippen LogP contribution in [0, 0.1) is 5.92 Å². The largest absolute Gasteiger partial charge is 0.479 e. The molecule has 0 radical (unpaired) electrons. The second-order valence-corrected chi connectivity index (χ2v) is 6.31. The van der Waals surface area contributed by atoms with Crippen LogP contribution in [0.15, 0.2) is 24.3 Å². The number of carboxylic acids is 1. The minimum Gasteiger partial charge on any atom is -0.479 e. The standard InChI is InChI=1S/C16H20ClNO4/c1-11(8-12-2-4-13(17)5-3-12)9-14(19)18-16(15(20)21)6-7-22-10-16/h2-5,11H,6-10H2,1H3,(H,18,19)(H,20,21). The maximum absolute atomic E-state index is 12.1. The Bertz CT molecular complexity index is 538. The summed E-state index contributed by atoms with van der Waals surface area (Å²) in [6, 6.07) is 7.50. The summed E-state index contributed by atoms with van der Waals surface area (Å²) < 4.78 is 5.13. The number of hydrogen-bond donors (Lipinski definition) is 2. The Morgan fingerprint density at radius 1 is 1.41 bits per heavy atom. The van der Waals surface area contributed by atoms with Crippen molar-refractivity contribution in [1.82, 2.24) is 5.32 Å². The smallest absolute Gasteiger partial charge is 0.331 e. The quantitative estimate of drug-likeness (QED) is 0.841. The van der Waals surface area contributed by atoms with E-state index < -0.39 is 11.5 Å². The number of carboxylic acid groups (broad SMARTS) is 1. The van der Waals surface area contributed by atoms with Crippen LogP contribution in [0.1, 0.15) is 25.3 Å². The number of nitrogens with one attached hydrogen (secondary N) is 1. The lowest BCUT2D eigenvalue weighted by atomic mass is 9.95. The number of benzene rings is 1. The third-order valence-corrected chi connectivity index (χ3v) is 4.09. The Labute approximate surface area is 134 Å². The fraction of sp³-hybridized carbons (Fsp3) is 0.500. The molecule has 1 aromatic rings. The van der Waals surface area contributed by atoms with Gasteiger partial charge in [-0.1, -0.05) is 30.7 Å². The number of amides is 1. The fourth-order valence-electron chi connectivity index (χ4n) is 2.62. The van der Waals surface area contributed by atoms with Crippen LogP contribution in [0.4, 0.5) is 0 Å². The van der Waals surface area contributed by atoms with E-state index in [-0.39, 0.29) is 24.9 Å². The lowest BCUT2D eigenvalue weighted by Gasteiger charge is -2.24. The number of halogens is 1. The van der Waals surface area contributed by atoms with E-state index in [1.807, 2.05) is 31.2 Å². The summed E-state index contributed by atoms with van der Waals surface area (Å²) in [6.07, 6.45) is 1.32. The molecule has 0 saturated carbocycles. The van der Waals surface area contributed by atoms with E-state index in [9.17, 15) is 14.7 Å². The lowest BCUT2D eigenvalue weighted by Crippen LogP contribution is -2.55. The second-order valence-electron chi connectivity index (χ2n) is 5.88. The summed E-state index contributed by atoms with van der Waals surface area (Å²) in [5.41, 5.74) is -0.168. The van der Waals surface area contributed by atoms with Gasteiger partial charge in [0.15, 0.2) is 5.54 Å². The van der Waals surface area contributed by atoms with Crippen molar-refractivity contribution in [3.8, 4) is 0 Å². The van der Waals surface area contributed by atoms with Crippen LogP contribution in [-0.4, -0.2) is 35.7 Å². The number of rotatable bonds is 6. The van der Waals surface area contributed by atoms with Gasteiger partial charge < -0.3 is 15.2 Å². The van der Waals surface area contributed by atoms with E-state index in [1.54, 1.807) is 0 Å². The molecule has 0 aliphatic carbocycles. The summed E-state index contributed by atoms with van der Waals surface area (Å²) in [6.45, 7) is 2.35. The third kappa shape index (κ3) is 4.21. The second kappa shape index (κ2) is 7.11. The third-order valence-electron chi connectivity index (χ3n) is 3.84. The first-order valence-corrected chi connectivity index (χ1v) is 7.66. The van der Waals surface area contributed by atoms with Crippen molar-refractivity contribution >= 4 is 23.5 Å². The van der Waals surface area contributed by atoms with Crippen LogP contribution >= 0.6 is 11.6 Å². The molecule has 2 rings (SSSR count). The predicted octanol–water partition coefficient (Wildman–Crippen LogP) is 2.27. The molecule has 5 nitrogen and oxygen atoms in total. The molecule has 1 fully saturated rings. The number of aliphatic carboxylic acids is 1. The molecule has 1 amide bonds. The number of carbonyl (C=O) groups is 2. The molecule has 0 bridgehead atoms. The maximum atomic E-state index is 12.1. The van der Waals surface area contributed by atoms with Crippen molar-refractivity contribution in [3.63, 3.8) is 0 Å². The van der Waals surface area contributed by atoms with Gasteiger partial charge in [-0.05, 0) is 30.0 Å². The molecule has 2 N–H and O–H groups in total. The van der Waals surface area contributed by atoms with Gasteiger partial charge in [0.05, 0.1) is 6.61 Å². The molecule has 0 aromatic heterocycles. The zero-order valence-electron chi connectivity index (χ0n) is 12.5. The number of hydrogen-bond acceptors (Lipinski definition) is 3. The van der Waals surface area contributed by atoms with Crippen LogP contribution < -0.4 is 5.32 Å². The van der Waals surface area contributed by atoms with Crippen LogP contribution in [0.3, 0.4) is 0 Å².